The van der Waals surface area contributed by atoms with Gasteiger partial charge in [-0.25, -0.2) is 9.97 Å². The van der Waals surface area contributed by atoms with Crippen molar-refractivity contribution in [3.05, 3.63) is 36.2 Å². The molecule has 0 unspecified atom stereocenters. The van der Waals surface area contributed by atoms with E-state index in [0.29, 0.717) is 0 Å². The second-order valence-electron chi connectivity index (χ2n) is 4.51. The number of hydrogen-bond acceptors (Lipinski definition) is 5. The molecule has 3 aromatic rings. The smallest absolute Gasteiger partial charge is 0.164 e. The largest absolute Gasteiger partial charge is 0.373 e. The van der Waals surface area contributed by atoms with Crippen LogP contribution in [0.2, 0.25) is 0 Å². The Balaban J connectivity index is 2.23. The van der Waals surface area contributed by atoms with E-state index in [0.717, 1.165) is 41.1 Å². The van der Waals surface area contributed by atoms with Gasteiger partial charge >= 0.3 is 0 Å². The van der Waals surface area contributed by atoms with E-state index in [9.17, 15) is 0 Å². The van der Waals surface area contributed by atoms with Gasteiger partial charge in [0, 0.05) is 12.6 Å². The van der Waals surface area contributed by atoms with Crippen molar-refractivity contribution >= 4 is 16.9 Å². The number of para-hydroxylation sites is 1. The van der Waals surface area contributed by atoms with Gasteiger partial charge in [-0.15, -0.1) is 5.10 Å². The van der Waals surface area contributed by atoms with Crippen molar-refractivity contribution < 1.29 is 0 Å². The first-order valence-electron chi connectivity index (χ1n) is 6.67. The summed E-state index contributed by atoms with van der Waals surface area (Å²) in [5, 5.41) is 11.5. The molecular weight excluding hydrogens is 252 g/mol. The summed E-state index contributed by atoms with van der Waals surface area (Å²) in [6.45, 7) is 2.13. The lowest BCUT2D eigenvalue weighted by atomic mass is 10.1. The summed E-state index contributed by atoms with van der Waals surface area (Å²) in [5.74, 6) is 1.64. The van der Waals surface area contributed by atoms with Crippen LogP contribution in [0.15, 0.2) is 30.6 Å². The molecule has 2 heterocycles. The maximum Gasteiger partial charge on any atom is 0.164 e. The van der Waals surface area contributed by atoms with Gasteiger partial charge in [-0.1, -0.05) is 30.7 Å². The maximum absolute atomic E-state index is 4.41. The zero-order chi connectivity index (χ0) is 13.9. The van der Waals surface area contributed by atoms with Crippen LogP contribution in [0, 0.1) is 0 Å². The van der Waals surface area contributed by atoms with Gasteiger partial charge in [-0.3, -0.25) is 0 Å². The molecule has 6 nitrogen and oxygen atoms in total. The summed E-state index contributed by atoms with van der Waals surface area (Å²) < 4.78 is 1.78. The zero-order valence-electron chi connectivity index (χ0n) is 11.5. The Hall–Kier alpha value is -2.50. The Kier molecular flexibility index (Phi) is 3.28. The summed E-state index contributed by atoms with van der Waals surface area (Å²) in [7, 11) is 1.87. The molecule has 0 aliphatic heterocycles. The molecule has 20 heavy (non-hydrogen) atoms. The number of rotatable bonds is 4. The Morgan fingerprint density at radius 3 is 2.85 bits per heavy atom. The van der Waals surface area contributed by atoms with E-state index in [2.05, 4.69) is 32.5 Å². The van der Waals surface area contributed by atoms with E-state index >= 15 is 0 Å². The highest BCUT2D eigenvalue weighted by molar-refractivity contribution is 5.76. The number of nitrogens with one attached hydrogen (secondary N) is 1. The van der Waals surface area contributed by atoms with Crippen LogP contribution >= 0.6 is 0 Å². The van der Waals surface area contributed by atoms with E-state index in [1.165, 1.54) is 0 Å². The number of nitrogens with zero attached hydrogens (tertiary/aromatic N) is 5. The van der Waals surface area contributed by atoms with Crippen molar-refractivity contribution in [3.8, 4) is 5.82 Å². The molecule has 0 aliphatic rings. The fourth-order valence-corrected chi connectivity index (χ4v) is 2.31. The standard InChI is InChI=1S/C14H16N6/c1-3-6-10-13(15-2)16-9-17-14(10)20-12-8-5-4-7-11(12)18-19-20/h4-5,7-9H,3,6H2,1-2H3,(H,15,16,17). The molecular formula is C14H16N6. The second-order valence-corrected chi connectivity index (χ2v) is 4.51. The van der Waals surface area contributed by atoms with E-state index in [4.69, 9.17) is 0 Å². The first-order chi connectivity index (χ1) is 9.85. The molecule has 1 aromatic carbocycles. The zero-order valence-corrected chi connectivity index (χ0v) is 11.5. The molecule has 2 aromatic heterocycles. The lowest BCUT2D eigenvalue weighted by Crippen LogP contribution is -2.09. The highest BCUT2D eigenvalue weighted by Crippen LogP contribution is 2.22. The lowest BCUT2D eigenvalue weighted by Gasteiger charge is -2.11. The highest BCUT2D eigenvalue weighted by atomic mass is 15.4. The minimum atomic E-state index is 0.792. The van der Waals surface area contributed by atoms with Gasteiger partial charge in [0.1, 0.15) is 17.7 Å². The molecule has 0 spiro atoms. The van der Waals surface area contributed by atoms with Crippen LogP contribution in [0.5, 0.6) is 0 Å². The van der Waals surface area contributed by atoms with Crippen molar-refractivity contribution in [2.75, 3.05) is 12.4 Å². The molecule has 0 fully saturated rings. The van der Waals surface area contributed by atoms with E-state index < -0.39 is 0 Å². The van der Waals surface area contributed by atoms with Gasteiger partial charge in [0.05, 0.1) is 5.52 Å². The van der Waals surface area contributed by atoms with Gasteiger partial charge in [-0.05, 0) is 18.6 Å². The highest BCUT2D eigenvalue weighted by Gasteiger charge is 2.14. The quantitative estimate of drug-likeness (QED) is 0.785. The number of fused-ring (bicyclic) bond motifs is 1. The molecule has 0 amide bonds. The molecule has 0 saturated carbocycles. The minimum absolute atomic E-state index is 0.792. The molecule has 0 atom stereocenters. The van der Waals surface area contributed by atoms with Gasteiger partial charge in [0.25, 0.3) is 0 Å². The lowest BCUT2D eigenvalue weighted by molar-refractivity contribution is 0.773. The van der Waals surface area contributed by atoms with Crippen LogP contribution in [0.1, 0.15) is 18.9 Å². The summed E-state index contributed by atoms with van der Waals surface area (Å²) in [6, 6.07) is 7.86. The molecule has 0 bridgehead atoms. The number of hydrogen-bond donors (Lipinski definition) is 1. The van der Waals surface area contributed by atoms with Gasteiger partial charge < -0.3 is 5.32 Å². The number of benzene rings is 1. The average molecular weight is 268 g/mol. The van der Waals surface area contributed by atoms with Gasteiger partial charge in [0.15, 0.2) is 5.82 Å². The van der Waals surface area contributed by atoms with Gasteiger partial charge in [0.2, 0.25) is 0 Å². The van der Waals surface area contributed by atoms with E-state index in [1.807, 2.05) is 31.3 Å². The molecule has 0 aliphatic carbocycles. The molecule has 6 heteroatoms. The van der Waals surface area contributed by atoms with Crippen molar-refractivity contribution in [1.29, 1.82) is 0 Å². The third kappa shape index (κ3) is 1.99. The van der Waals surface area contributed by atoms with E-state index in [1.54, 1.807) is 11.0 Å². The van der Waals surface area contributed by atoms with Crippen LogP contribution in [-0.2, 0) is 6.42 Å². The van der Waals surface area contributed by atoms with Crippen molar-refractivity contribution in [1.82, 2.24) is 25.0 Å². The monoisotopic (exact) mass is 268 g/mol. The van der Waals surface area contributed by atoms with Crippen molar-refractivity contribution in [2.45, 2.75) is 19.8 Å². The minimum Gasteiger partial charge on any atom is -0.373 e. The van der Waals surface area contributed by atoms with Crippen LogP contribution < -0.4 is 5.32 Å². The Morgan fingerprint density at radius 1 is 1.20 bits per heavy atom. The van der Waals surface area contributed by atoms with Crippen LogP contribution in [0.25, 0.3) is 16.9 Å². The first-order valence-corrected chi connectivity index (χ1v) is 6.67. The normalized spacial score (nSPS) is 10.9. The number of aromatic nitrogens is 5. The predicted molar refractivity (Wildman–Crippen MR) is 78.0 cm³/mol. The van der Waals surface area contributed by atoms with Crippen LogP contribution in [0.4, 0.5) is 5.82 Å². The summed E-state index contributed by atoms with van der Waals surface area (Å²) in [6.07, 6.45) is 3.46. The Morgan fingerprint density at radius 2 is 2.05 bits per heavy atom. The fraction of sp³-hybridized carbons (Fsp3) is 0.286. The molecule has 1 N–H and O–H groups in total. The maximum atomic E-state index is 4.41. The Bertz CT molecular complexity index is 733. The SMILES string of the molecule is CCCc1c(NC)ncnc1-n1nnc2ccccc21. The summed E-state index contributed by atoms with van der Waals surface area (Å²) in [5.41, 5.74) is 2.87. The van der Waals surface area contributed by atoms with Crippen LogP contribution in [0.3, 0.4) is 0 Å². The average Bonchev–Trinajstić information content (AvgIpc) is 2.92. The third-order valence-corrected chi connectivity index (χ3v) is 3.21. The molecule has 3 rings (SSSR count). The Labute approximate surface area is 116 Å². The predicted octanol–water partition coefficient (Wildman–Crippen LogP) is 2.20. The molecule has 0 saturated heterocycles. The summed E-state index contributed by atoms with van der Waals surface area (Å²) >= 11 is 0. The van der Waals surface area contributed by atoms with Crippen molar-refractivity contribution in [2.24, 2.45) is 0 Å². The summed E-state index contributed by atoms with van der Waals surface area (Å²) in [4.78, 5) is 8.69. The third-order valence-electron chi connectivity index (χ3n) is 3.21. The molecule has 102 valence electrons. The fourth-order valence-electron chi connectivity index (χ4n) is 2.31. The van der Waals surface area contributed by atoms with Crippen molar-refractivity contribution in [3.63, 3.8) is 0 Å². The molecule has 0 radical (unpaired) electrons. The topological polar surface area (TPSA) is 68.5 Å². The number of anilines is 1. The van der Waals surface area contributed by atoms with Crippen LogP contribution in [-0.4, -0.2) is 32.0 Å². The van der Waals surface area contributed by atoms with E-state index in [-0.39, 0.29) is 0 Å². The first kappa shape index (κ1) is 12.5. The van der Waals surface area contributed by atoms with Gasteiger partial charge in [-0.2, -0.15) is 4.68 Å². The second kappa shape index (κ2) is 5.24.